The minimum atomic E-state index is -0.289. The van der Waals surface area contributed by atoms with Gasteiger partial charge in [-0.3, -0.25) is 4.79 Å². The van der Waals surface area contributed by atoms with E-state index >= 15 is 0 Å². The van der Waals surface area contributed by atoms with Crippen LogP contribution in [0.1, 0.15) is 0 Å². The fraction of sp³-hybridized carbons (Fsp3) is 0.364. The molecular weight excluding hydrogens is 352 g/mol. The molecule has 1 aromatic rings. The van der Waals surface area contributed by atoms with Gasteiger partial charge in [0.15, 0.2) is 0 Å². The minimum absolute atomic E-state index is 0.0858. The van der Waals surface area contributed by atoms with Crippen molar-refractivity contribution in [3.8, 4) is 0 Å². The Morgan fingerprint density at radius 2 is 2.12 bits per heavy atom. The Bertz CT molecular complexity index is 400. The van der Waals surface area contributed by atoms with E-state index in [0.29, 0.717) is 19.8 Å². The molecule has 1 aromatic carbocycles. The van der Waals surface area contributed by atoms with Crippen LogP contribution < -0.4 is 10.6 Å². The maximum atomic E-state index is 12.0. The van der Waals surface area contributed by atoms with Gasteiger partial charge in [0.2, 0.25) is 5.91 Å². The van der Waals surface area contributed by atoms with Crippen LogP contribution in [0.4, 0.5) is 5.69 Å². The third-order valence-electron chi connectivity index (χ3n) is 2.45. The molecule has 4 nitrogen and oxygen atoms in total. The van der Waals surface area contributed by atoms with Crippen molar-refractivity contribution in [1.29, 1.82) is 0 Å². The SMILES string of the molecule is O=C(Nc1c(Br)cccc1Br)C1COCCN1. The number of hydrogen-bond donors (Lipinski definition) is 2. The number of ether oxygens (including phenoxy) is 1. The normalized spacial score (nSPS) is 20.0. The molecule has 1 saturated heterocycles. The van der Waals surface area contributed by atoms with Crippen LogP contribution in [-0.2, 0) is 9.53 Å². The summed E-state index contributed by atoms with van der Waals surface area (Å²) in [7, 11) is 0. The van der Waals surface area contributed by atoms with E-state index in [4.69, 9.17) is 4.74 Å². The Labute approximate surface area is 116 Å². The molecule has 1 fully saturated rings. The van der Waals surface area contributed by atoms with Gasteiger partial charge in [0.1, 0.15) is 6.04 Å². The standard InChI is InChI=1S/C11H12Br2N2O2/c12-7-2-1-3-8(13)10(7)15-11(16)9-6-17-5-4-14-9/h1-3,9,14H,4-6H2,(H,15,16). The second-order valence-corrected chi connectivity index (χ2v) is 5.38. The fourth-order valence-corrected chi connectivity index (χ4v) is 2.76. The number of halogens is 2. The molecule has 2 N–H and O–H groups in total. The zero-order valence-corrected chi connectivity index (χ0v) is 12.2. The van der Waals surface area contributed by atoms with Gasteiger partial charge in [-0.2, -0.15) is 0 Å². The molecule has 0 saturated carbocycles. The topological polar surface area (TPSA) is 50.4 Å². The van der Waals surface area contributed by atoms with E-state index in [-0.39, 0.29) is 11.9 Å². The van der Waals surface area contributed by atoms with Crippen LogP contribution in [0.25, 0.3) is 0 Å². The highest BCUT2D eigenvalue weighted by Gasteiger charge is 2.22. The smallest absolute Gasteiger partial charge is 0.243 e. The summed E-state index contributed by atoms with van der Waals surface area (Å²) in [5.41, 5.74) is 0.741. The molecule has 0 radical (unpaired) electrons. The zero-order chi connectivity index (χ0) is 12.3. The number of carbonyl (C=O) groups excluding carboxylic acids is 1. The van der Waals surface area contributed by atoms with E-state index in [0.717, 1.165) is 14.6 Å². The summed E-state index contributed by atoms with van der Waals surface area (Å²) in [5.74, 6) is -0.0858. The van der Waals surface area contributed by atoms with Crippen LogP contribution in [0.5, 0.6) is 0 Å². The molecule has 2 rings (SSSR count). The largest absolute Gasteiger partial charge is 0.378 e. The number of benzene rings is 1. The average molecular weight is 364 g/mol. The van der Waals surface area contributed by atoms with Crippen LogP contribution in [-0.4, -0.2) is 31.7 Å². The first-order chi connectivity index (χ1) is 8.18. The first kappa shape index (κ1) is 13.0. The number of anilines is 1. The van der Waals surface area contributed by atoms with Crippen LogP contribution >= 0.6 is 31.9 Å². The number of carbonyl (C=O) groups is 1. The van der Waals surface area contributed by atoms with Gasteiger partial charge in [0.05, 0.1) is 18.9 Å². The molecule has 17 heavy (non-hydrogen) atoms. The van der Waals surface area contributed by atoms with Gasteiger partial charge >= 0.3 is 0 Å². The maximum Gasteiger partial charge on any atom is 0.243 e. The molecule has 1 aliphatic rings. The van der Waals surface area contributed by atoms with E-state index in [2.05, 4.69) is 42.5 Å². The van der Waals surface area contributed by atoms with Crippen LogP contribution in [0.3, 0.4) is 0 Å². The van der Waals surface area contributed by atoms with Crippen molar-refractivity contribution in [2.45, 2.75) is 6.04 Å². The van der Waals surface area contributed by atoms with Crippen molar-refractivity contribution >= 4 is 43.5 Å². The van der Waals surface area contributed by atoms with E-state index in [9.17, 15) is 4.79 Å². The highest BCUT2D eigenvalue weighted by Crippen LogP contribution is 2.30. The lowest BCUT2D eigenvalue weighted by Crippen LogP contribution is -2.48. The van der Waals surface area contributed by atoms with Crippen molar-refractivity contribution in [2.75, 3.05) is 25.1 Å². The third kappa shape index (κ3) is 3.28. The number of rotatable bonds is 2. The van der Waals surface area contributed by atoms with Gasteiger partial charge in [0, 0.05) is 15.5 Å². The summed E-state index contributed by atoms with van der Waals surface area (Å²) in [6.07, 6.45) is 0. The van der Waals surface area contributed by atoms with Gasteiger partial charge in [-0.05, 0) is 44.0 Å². The van der Waals surface area contributed by atoms with Crippen LogP contribution in [0, 0.1) is 0 Å². The van der Waals surface area contributed by atoms with Gasteiger partial charge in [0.25, 0.3) is 0 Å². The van der Waals surface area contributed by atoms with E-state index in [1.807, 2.05) is 18.2 Å². The second kappa shape index (κ2) is 5.95. The number of para-hydroxylation sites is 1. The molecule has 0 aromatic heterocycles. The first-order valence-corrected chi connectivity index (χ1v) is 6.83. The van der Waals surface area contributed by atoms with Gasteiger partial charge in [-0.25, -0.2) is 0 Å². The molecule has 0 bridgehead atoms. The molecule has 1 unspecified atom stereocenters. The molecule has 92 valence electrons. The van der Waals surface area contributed by atoms with Gasteiger partial charge in [-0.15, -0.1) is 0 Å². The molecular formula is C11H12Br2N2O2. The Balaban J connectivity index is 2.07. The lowest BCUT2D eigenvalue weighted by atomic mass is 10.2. The maximum absolute atomic E-state index is 12.0. The Hall–Kier alpha value is -0.430. The Morgan fingerprint density at radius 1 is 1.41 bits per heavy atom. The van der Waals surface area contributed by atoms with Gasteiger partial charge < -0.3 is 15.4 Å². The number of hydrogen-bond acceptors (Lipinski definition) is 3. The average Bonchev–Trinajstić information content (AvgIpc) is 2.35. The number of amides is 1. The summed E-state index contributed by atoms with van der Waals surface area (Å²) in [6, 6.07) is 5.37. The van der Waals surface area contributed by atoms with E-state index in [1.165, 1.54) is 0 Å². The third-order valence-corrected chi connectivity index (χ3v) is 3.77. The number of morpholine rings is 1. The fourth-order valence-electron chi connectivity index (χ4n) is 1.56. The summed E-state index contributed by atoms with van der Waals surface area (Å²) < 4.78 is 6.94. The van der Waals surface area contributed by atoms with E-state index < -0.39 is 0 Å². The molecule has 0 spiro atoms. The molecule has 6 heteroatoms. The van der Waals surface area contributed by atoms with Crippen molar-refractivity contribution in [1.82, 2.24) is 5.32 Å². The number of nitrogens with one attached hydrogen (secondary N) is 2. The molecule has 1 amide bonds. The highest BCUT2D eigenvalue weighted by atomic mass is 79.9. The highest BCUT2D eigenvalue weighted by molar-refractivity contribution is 9.11. The molecule has 0 aliphatic carbocycles. The van der Waals surface area contributed by atoms with Crippen molar-refractivity contribution in [3.63, 3.8) is 0 Å². The van der Waals surface area contributed by atoms with Gasteiger partial charge in [-0.1, -0.05) is 6.07 Å². The quantitative estimate of drug-likeness (QED) is 0.846. The van der Waals surface area contributed by atoms with Crippen LogP contribution in [0.2, 0.25) is 0 Å². The minimum Gasteiger partial charge on any atom is -0.378 e. The molecule has 1 aliphatic heterocycles. The molecule has 1 heterocycles. The first-order valence-electron chi connectivity index (χ1n) is 5.24. The lowest BCUT2D eigenvalue weighted by Gasteiger charge is -2.23. The summed E-state index contributed by atoms with van der Waals surface area (Å²) in [4.78, 5) is 12.0. The summed E-state index contributed by atoms with van der Waals surface area (Å²) in [5, 5.41) is 5.98. The zero-order valence-electron chi connectivity index (χ0n) is 9.00. The molecule has 1 atom stereocenters. The predicted molar refractivity (Wildman–Crippen MR) is 73.1 cm³/mol. The van der Waals surface area contributed by atoms with E-state index in [1.54, 1.807) is 0 Å². The predicted octanol–water partition coefficient (Wildman–Crippen LogP) is 2.14. The Morgan fingerprint density at radius 3 is 2.71 bits per heavy atom. The summed E-state index contributed by atoms with van der Waals surface area (Å²) in [6.45, 7) is 1.77. The van der Waals surface area contributed by atoms with Crippen molar-refractivity contribution in [3.05, 3.63) is 27.1 Å². The summed E-state index contributed by atoms with van der Waals surface area (Å²) >= 11 is 6.81. The lowest BCUT2D eigenvalue weighted by molar-refractivity contribution is -0.120. The second-order valence-electron chi connectivity index (χ2n) is 3.67. The van der Waals surface area contributed by atoms with Crippen molar-refractivity contribution < 1.29 is 9.53 Å². The van der Waals surface area contributed by atoms with Crippen LogP contribution in [0.15, 0.2) is 27.1 Å². The monoisotopic (exact) mass is 362 g/mol. The Kier molecular flexibility index (Phi) is 4.55. The van der Waals surface area contributed by atoms with Crippen molar-refractivity contribution in [2.24, 2.45) is 0 Å².